The zero-order chi connectivity index (χ0) is 10.3. The van der Waals surface area contributed by atoms with Crippen molar-refractivity contribution in [1.82, 2.24) is 0 Å². The summed E-state index contributed by atoms with van der Waals surface area (Å²) in [5.41, 5.74) is 2.99. The topological polar surface area (TPSA) is 0 Å². The van der Waals surface area contributed by atoms with Crippen LogP contribution in [0.1, 0.15) is 11.1 Å². The van der Waals surface area contributed by atoms with Crippen LogP contribution in [0.15, 0.2) is 60.7 Å². The average molecular weight is 301 g/mol. The van der Waals surface area contributed by atoms with Gasteiger partial charge in [-0.25, -0.2) is 0 Å². The summed E-state index contributed by atoms with van der Waals surface area (Å²) < 4.78 is 2.60. The predicted molar refractivity (Wildman–Crippen MR) is 60.3 cm³/mol. The molecule has 0 aliphatic rings. The van der Waals surface area contributed by atoms with Gasteiger partial charge in [-0.3, -0.25) is 0 Å². The van der Waals surface area contributed by atoms with Crippen LogP contribution in [-0.2, 0) is 28.6 Å². The third kappa shape index (κ3) is 6.28. The Hall–Kier alpha value is -0.266. The van der Waals surface area contributed by atoms with Gasteiger partial charge in [0.05, 0.1) is 0 Å². The van der Waals surface area contributed by atoms with Crippen molar-refractivity contribution in [1.29, 1.82) is 0 Å². The summed E-state index contributed by atoms with van der Waals surface area (Å²) in [4.78, 5) is 0. The summed E-state index contributed by atoms with van der Waals surface area (Å²) in [6, 6.07) is 21.6. The van der Waals surface area contributed by atoms with Gasteiger partial charge in [0.2, 0.25) is 0 Å². The average Bonchev–Trinajstić information content (AvgIpc) is 2.32. The molecule has 0 saturated carbocycles. The van der Waals surface area contributed by atoms with Crippen LogP contribution in [0, 0.1) is 0 Å². The zero-order valence-corrected chi connectivity index (χ0v) is 12.5. The Labute approximate surface area is 125 Å². The fraction of sp³-hybridized carbons (Fsp3) is 0.143. The third-order valence-corrected chi connectivity index (χ3v) is 4.40. The molecule has 2 rings (SSSR count). The molecule has 0 heterocycles. The van der Waals surface area contributed by atoms with E-state index in [1.165, 1.54) is 20.6 Å². The van der Waals surface area contributed by atoms with E-state index in [-0.39, 0.29) is 44.0 Å². The van der Waals surface area contributed by atoms with Crippen molar-refractivity contribution in [3.63, 3.8) is 0 Å². The fourth-order valence-corrected chi connectivity index (χ4v) is 3.38. The van der Waals surface area contributed by atoms with E-state index in [1.807, 2.05) is 0 Å². The van der Waals surface area contributed by atoms with Crippen molar-refractivity contribution in [3.8, 4) is 0 Å². The van der Waals surface area contributed by atoms with E-state index < -0.39 is 0 Å². The Morgan fingerprint density at radius 1 is 0.588 bits per heavy atom. The second-order valence-electron chi connectivity index (χ2n) is 3.57. The van der Waals surface area contributed by atoms with Crippen LogP contribution in [0.3, 0.4) is 0 Å². The van der Waals surface area contributed by atoms with E-state index in [0.717, 1.165) is 0 Å². The molecule has 2 aromatic rings. The number of rotatable bonds is 4. The van der Waals surface area contributed by atoms with E-state index in [9.17, 15) is 0 Å². The Balaban J connectivity index is 0.00000128. The molecule has 0 aromatic heterocycles. The molecule has 0 unspecified atom stereocenters. The maximum absolute atomic E-state index is 2.23. The van der Waals surface area contributed by atoms with Gasteiger partial charge in [-0.05, 0) is 0 Å². The molecule has 0 radical (unpaired) electrons. The minimum atomic E-state index is 0. The summed E-state index contributed by atoms with van der Waals surface area (Å²) in [5.74, 6) is 0. The summed E-state index contributed by atoms with van der Waals surface area (Å²) in [6.07, 6.45) is 0. The third-order valence-electron chi connectivity index (χ3n) is 2.34. The SMILES string of the molecule is [Cl-].[Cl-].c1ccc([CH2][Ti+2][CH2]c2ccccc2)cc1. The monoisotopic (exact) mass is 300 g/mol. The van der Waals surface area contributed by atoms with Gasteiger partial charge in [-0.15, -0.1) is 0 Å². The molecule has 17 heavy (non-hydrogen) atoms. The van der Waals surface area contributed by atoms with Gasteiger partial charge in [0.1, 0.15) is 0 Å². The quantitative estimate of drug-likeness (QED) is 0.547. The van der Waals surface area contributed by atoms with Crippen molar-refractivity contribution in [2.75, 3.05) is 0 Å². The first-order valence-corrected chi connectivity index (χ1v) is 7.44. The van der Waals surface area contributed by atoms with Crippen LogP contribution in [0.25, 0.3) is 0 Å². The Morgan fingerprint density at radius 2 is 0.941 bits per heavy atom. The van der Waals surface area contributed by atoms with E-state index in [0.29, 0.717) is 0 Å². The molecule has 0 saturated heterocycles. The van der Waals surface area contributed by atoms with Crippen molar-refractivity contribution >= 4 is 0 Å². The van der Waals surface area contributed by atoms with E-state index in [1.54, 1.807) is 0 Å². The molecule has 3 heteroatoms. The number of halogens is 2. The van der Waals surface area contributed by atoms with Gasteiger partial charge in [0.15, 0.2) is 0 Å². The predicted octanol–water partition coefficient (Wildman–Crippen LogP) is -2.52. The zero-order valence-electron chi connectivity index (χ0n) is 9.44. The second-order valence-corrected chi connectivity index (χ2v) is 5.46. The van der Waals surface area contributed by atoms with Gasteiger partial charge in [-0.1, -0.05) is 0 Å². The van der Waals surface area contributed by atoms with Gasteiger partial charge >= 0.3 is 100 Å². The van der Waals surface area contributed by atoms with Crippen molar-refractivity contribution in [2.24, 2.45) is 0 Å². The molecule has 88 valence electrons. The standard InChI is InChI=1S/2C7H7.2ClH.Ti/c2*1-7-5-3-2-4-6-7;;;/h2*2-6H,1H2;2*1H;/q;;;;+2/p-2. The Bertz CT molecular complexity index is 350. The fourth-order valence-electron chi connectivity index (χ4n) is 1.54. The molecule has 2 aromatic carbocycles. The molecular formula is C14H14Cl2Ti. The van der Waals surface area contributed by atoms with Crippen molar-refractivity contribution in [2.45, 2.75) is 9.45 Å². The molecule has 0 aliphatic heterocycles. The van der Waals surface area contributed by atoms with Gasteiger partial charge in [-0.2, -0.15) is 0 Å². The van der Waals surface area contributed by atoms with Gasteiger partial charge in [0.25, 0.3) is 0 Å². The van der Waals surface area contributed by atoms with Crippen LogP contribution in [0.5, 0.6) is 0 Å². The van der Waals surface area contributed by atoms with Crippen LogP contribution in [-0.4, -0.2) is 0 Å². The van der Waals surface area contributed by atoms with E-state index in [2.05, 4.69) is 60.7 Å². The summed E-state index contributed by atoms with van der Waals surface area (Å²) in [5, 5.41) is 0. The Morgan fingerprint density at radius 3 is 1.29 bits per heavy atom. The van der Waals surface area contributed by atoms with Gasteiger partial charge in [0, 0.05) is 0 Å². The molecule has 0 N–H and O–H groups in total. The number of benzene rings is 2. The maximum atomic E-state index is 2.23. The van der Waals surface area contributed by atoms with Crippen LogP contribution < -0.4 is 24.8 Å². The molecule has 0 spiro atoms. The molecule has 0 fully saturated rings. The normalized spacial score (nSPS) is 8.47. The minimum absolute atomic E-state index is 0. The Kier molecular flexibility index (Phi) is 9.58. The van der Waals surface area contributed by atoms with E-state index in [4.69, 9.17) is 0 Å². The van der Waals surface area contributed by atoms with E-state index >= 15 is 0 Å². The molecule has 0 atom stereocenters. The molecule has 0 aliphatic carbocycles. The van der Waals surface area contributed by atoms with Crippen molar-refractivity contribution < 1.29 is 44.0 Å². The molecular weight excluding hydrogens is 287 g/mol. The number of hydrogen-bond acceptors (Lipinski definition) is 0. The summed E-state index contributed by atoms with van der Waals surface area (Å²) in [7, 11) is 0. The first kappa shape index (κ1) is 16.7. The van der Waals surface area contributed by atoms with Crippen LogP contribution >= 0.6 is 0 Å². The first-order valence-electron chi connectivity index (χ1n) is 5.24. The number of hydrogen-bond donors (Lipinski definition) is 0. The first-order chi connectivity index (χ1) is 7.45. The van der Waals surface area contributed by atoms with Gasteiger partial charge < -0.3 is 24.8 Å². The second kappa shape index (κ2) is 9.73. The molecule has 0 nitrogen and oxygen atoms in total. The molecule has 0 bridgehead atoms. The summed E-state index contributed by atoms with van der Waals surface area (Å²) >= 11 is 0.136. The van der Waals surface area contributed by atoms with Crippen LogP contribution in [0.2, 0.25) is 0 Å². The van der Waals surface area contributed by atoms with Crippen molar-refractivity contribution in [3.05, 3.63) is 71.8 Å². The molecule has 0 amide bonds. The van der Waals surface area contributed by atoms with Crippen LogP contribution in [0.4, 0.5) is 0 Å². The summed E-state index contributed by atoms with van der Waals surface area (Å²) in [6.45, 7) is 0.